The maximum absolute atomic E-state index is 13.0. The van der Waals surface area contributed by atoms with Crippen LogP contribution in [0.2, 0.25) is 0 Å². The molecule has 0 spiro atoms. The highest BCUT2D eigenvalue weighted by Gasteiger charge is 2.22. The molecular weight excluding hydrogens is 308 g/mol. The number of benzene rings is 2. The van der Waals surface area contributed by atoms with Gasteiger partial charge in [-0.2, -0.15) is 5.26 Å². The third-order valence-corrected chi connectivity index (χ3v) is 5.73. The van der Waals surface area contributed by atoms with Gasteiger partial charge in [-0.1, -0.05) is 29.8 Å². The van der Waals surface area contributed by atoms with Crippen molar-refractivity contribution in [2.45, 2.75) is 25.2 Å². The number of fused-ring (bicyclic) bond motifs is 1. The van der Waals surface area contributed by atoms with Crippen molar-refractivity contribution in [2.75, 3.05) is 0 Å². The molecule has 0 amide bonds. The lowest BCUT2D eigenvalue weighted by atomic mass is 10.1. The molecule has 0 saturated heterocycles. The van der Waals surface area contributed by atoms with Crippen LogP contribution in [0.4, 0.5) is 0 Å². The van der Waals surface area contributed by atoms with Crippen molar-refractivity contribution in [3.05, 3.63) is 65.4 Å². The second-order valence-corrected chi connectivity index (χ2v) is 7.34. The number of nitrogens with zero attached hydrogens (tertiary/aromatic N) is 2. The van der Waals surface area contributed by atoms with Gasteiger partial charge in [0.2, 0.25) is 0 Å². The summed E-state index contributed by atoms with van der Waals surface area (Å²) in [4.78, 5) is 0.259. The minimum Gasteiger partial charge on any atom is -0.238 e. The third-order valence-electron chi connectivity index (χ3n) is 3.89. The van der Waals surface area contributed by atoms with Gasteiger partial charge < -0.3 is 0 Å². The smallest absolute Gasteiger partial charge is 0.238 e. The fourth-order valence-electron chi connectivity index (χ4n) is 2.77. The molecular formula is C18H16N2O2S. The maximum atomic E-state index is 13.0. The van der Waals surface area contributed by atoms with Crippen LogP contribution in [0, 0.1) is 25.2 Å². The van der Waals surface area contributed by atoms with Crippen LogP contribution < -0.4 is 0 Å². The van der Waals surface area contributed by atoms with Gasteiger partial charge in [-0.3, -0.25) is 0 Å². The highest BCUT2D eigenvalue weighted by atomic mass is 32.2. The van der Waals surface area contributed by atoms with E-state index in [-0.39, 0.29) is 11.3 Å². The van der Waals surface area contributed by atoms with Crippen LogP contribution in [-0.4, -0.2) is 12.4 Å². The minimum atomic E-state index is -3.67. The summed E-state index contributed by atoms with van der Waals surface area (Å²) in [5.41, 5.74) is 3.09. The average molecular weight is 324 g/mol. The van der Waals surface area contributed by atoms with Crippen LogP contribution >= 0.6 is 0 Å². The summed E-state index contributed by atoms with van der Waals surface area (Å²) in [7, 11) is -3.67. The van der Waals surface area contributed by atoms with E-state index in [1.165, 1.54) is 3.97 Å². The Kier molecular flexibility index (Phi) is 3.70. The lowest BCUT2D eigenvalue weighted by molar-refractivity contribution is 0.588. The Labute approximate surface area is 135 Å². The summed E-state index contributed by atoms with van der Waals surface area (Å²) < 4.78 is 27.4. The summed E-state index contributed by atoms with van der Waals surface area (Å²) in [6.07, 6.45) is 0.255. The van der Waals surface area contributed by atoms with Crippen LogP contribution in [0.3, 0.4) is 0 Å². The molecule has 4 nitrogen and oxygen atoms in total. The lowest BCUT2D eigenvalue weighted by Gasteiger charge is -2.10. The Morgan fingerprint density at radius 2 is 1.78 bits per heavy atom. The van der Waals surface area contributed by atoms with Crippen molar-refractivity contribution >= 4 is 20.9 Å². The van der Waals surface area contributed by atoms with Gasteiger partial charge in [0.15, 0.2) is 0 Å². The molecule has 0 fully saturated rings. The topological polar surface area (TPSA) is 62.9 Å². The normalized spacial score (nSPS) is 11.5. The van der Waals surface area contributed by atoms with E-state index in [0.29, 0.717) is 11.2 Å². The Hall–Kier alpha value is -2.58. The van der Waals surface area contributed by atoms with E-state index in [0.717, 1.165) is 16.5 Å². The van der Waals surface area contributed by atoms with Crippen LogP contribution in [0.15, 0.2) is 53.4 Å². The van der Waals surface area contributed by atoms with Crippen molar-refractivity contribution in [3.8, 4) is 6.07 Å². The first kappa shape index (κ1) is 15.3. The van der Waals surface area contributed by atoms with E-state index in [4.69, 9.17) is 5.26 Å². The van der Waals surface area contributed by atoms with E-state index in [9.17, 15) is 8.42 Å². The minimum absolute atomic E-state index is 0.255. The molecule has 0 N–H and O–H groups in total. The number of aryl methyl sites for hydroxylation is 2. The van der Waals surface area contributed by atoms with Gasteiger partial charge in [-0.15, -0.1) is 0 Å². The molecule has 0 aliphatic rings. The van der Waals surface area contributed by atoms with Gasteiger partial charge in [0, 0.05) is 11.1 Å². The number of hydrogen-bond donors (Lipinski definition) is 0. The Balaban J connectivity index is 2.28. The first-order valence-corrected chi connectivity index (χ1v) is 8.68. The summed E-state index contributed by atoms with van der Waals surface area (Å²) in [5.74, 6) is 0. The third kappa shape index (κ3) is 2.51. The Morgan fingerprint density at radius 1 is 1.09 bits per heavy atom. The van der Waals surface area contributed by atoms with Crippen molar-refractivity contribution in [3.63, 3.8) is 0 Å². The molecule has 0 radical (unpaired) electrons. The molecule has 0 bridgehead atoms. The van der Waals surface area contributed by atoms with E-state index < -0.39 is 10.0 Å². The number of aromatic nitrogens is 1. The average Bonchev–Trinajstić information content (AvgIpc) is 2.86. The maximum Gasteiger partial charge on any atom is 0.268 e. The highest BCUT2D eigenvalue weighted by Crippen LogP contribution is 2.28. The fraction of sp³-hybridized carbons (Fsp3) is 0.167. The molecule has 5 heteroatoms. The molecule has 23 heavy (non-hydrogen) atoms. The number of rotatable bonds is 3. The van der Waals surface area contributed by atoms with Gasteiger partial charge in [0.25, 0.3) is 10.0 Å². The molecule has 0 saturated carbocycles. The van der Waals surface area contributed by atoms with Crippen LogP contribution in [0.25, 0.3) is 10.9 Å². The molecule has 0 aliphatic heterocycles. The molecule has 2 aromatic carbocycles. The van der Waals surface area contributed by atoms with Crippen molar-refractivity contribution in [1.82, 2.24) is 3.97 Å². The van der Waals surface area contributed by atoms with E-state index in [2.05, 4.69) is 6.07 Å². The molecule has 116 valence electrons. The van der Waals surface area contributed by atoms with Gasteiger partial charge in [0.05, 0.1) is 22.9 Å². The first-order chi connectivity index (χ1) is 10.9. The number of hydrogen-bond acceptors (Lipinski definition) is 3. The molecule has 1 aromatic heterocycles. The second-order valence-electron chi connectivity index (χ2n) is 5.55. The van der Waals surface area contributed by atoms with Crippen LogP contribution in [0.1, 0.15) is 16.8 Å². The highest BCUT2D eigenvalue weighted by molar-refractivity contribution is 7.90. The van der Waals surface area contributed by atoms with Crippen molar-refractivity contribution in [1.29, 1.82) is 5.26 Å². The SMILES string of the molecule is Cc1ccc(S(=O)(=O)n2c(C)cc3c(CC#N)cccc32)cc1. The van der Waals surface area contributed by atoms with Crippen molar-refractivity contribution in [2.24, 2.45) is 0 Å². The predicted molar refractivity (Wildman–Crippen MR) is 89.8 cm³/mol. The molecule has 0 atom stereocenters. The van der Waals surface area contributed by atoms with E-state index >= 15 is 0 Å². The quantitative estimate of drug-likeness (QED) is 0.740. The monoisotopic (exact) mass is 324 g/mol. The zero-order valence-electron chi connectivity index (χ0n) is 12.9. The fourth-order valence-corrected chi connectivity index (χ4v) is 4.32. The predicted octanol–water partition coefficient (Wildman–Crippen LogP) is 3.56. The Bertz CT molecular complexity index is 1020. The molecule has 3 aromatic rings. The standard InChI is InChI=1S/C18H16N2O2S/c1-13-6-8-16(9-7-13)23(21,22)20-14(2)12-17-15(10-11-19)4-3-5-18(17)20/h3-9,12H,10H2,1-2H3. The lowest BCUT2D eigenvalue weighted by Crippen LogP contribution is -2.14. The molecule has 0 aliphatic carbocycles. The molecule has 0 unspecified atom stereocenters. The van der Waals surface area contributed by atoms with Gasteiger partial charge >= 0.3 is 0 Å². The summed E-state index contributed by atoms with van der Waals surface area (Å²) in [6.45, 7) is 3.68. The summed E-state index contributed by atoms with van der Waals surface area (Å²) in [5, 5.41) is 9.75. The van der Waals surface area contributed by atoms with E-state index in [1.54, 1.807) is 43.3 Å². The first-order valence-electron chi connectivity index (χ1n) is 7.24. The zero-order chi connectivity index (χ0) is 16.6. The van der Waals surface area contributed by atoms with Gasteiger partial charge in [0.1, 0.15) is 0 Å². The van der Waals surface area contributed by atoms with Gasteiger partial charge in [-0.25, -0.2) is 12.4 Å². The largest absolute Gasteiger partial charge is 0.268 e. The summed E-state index contributed by atoms with van der Waals surface area (Å²) >= 11 is 0. The number of nitriles is 1. The van der Waals surface area contributed by atoms with Crippen molar-refractivity contribution < 1.29 is 8.42 Å². The second kappa shape index (κ2) is 5.56. The molecule has 3 rings (SSSR count). The Morgan fingerprint density at radius 3 is 2.43 bits per heavy atom. The van der Waals surface area contributed by atoms with Gasteiger partial charge in [-0.05, 0) is 43.7 Å². The summed E-state index contributed by atoms with van der Waals surface area (Å²) in [6, 6.07) is 16.2. The molecule has 1 heterocycles. The zero-order valence-corrected chi connectivity index (χ0v) is 13.8. The van der Waals surface area contributed by atoms with Crippen LogP contribution in [0.5, 0.6) is 0 Å². The van der Waals surface area contributed by atoms with Crippen LogP contribution in [-0.2, 0) is 16.4 Å². The van der Waals surface area contributed by atoms with E-state index in [1.807, 2.05) is 19.1 Å².